The normalized spacial score (nSPS) is 10.7. The molecule has 5 heteroatoms. The Bertz CT molecular complexity index is 507. The van der Waals surface area contributed by atoms with Crippen LogP contribution in [0.4, 0.5) is 5.82 Å². The molecule has 0 aliphatic carbocycles. The SMILES string of the molecule is CN(C)/C=N/c1nccnc1-c1ccncc1. The monoisotopic (exact) mass is 227 g/mol. The van der Waals surface area contributed by atoms with Crippen LogP contribution in [0.5, 0.6) is 0 Å². The van der Waals surface area contributed by atoms with Gasteiger partial charge in [-0.2, -0.15) is 0 Å². The van der Waals surface area contributed by atoms with E-state index in [0.29, 0.717) is 5.82 Å². The molecule has 86 valence electrons. The maximum Gasteiger partial charge on any atom is 0.180 e. The molecule has 0 saturated heterocycles. The van der Waals surface area contributed by atoms with E-state index in [2.05, 4.69) is 19.9 Å². The Hall–Kier alpha value is -2.30. The highest BCUT2D eigenvalue weighted by Crippen LogP contribution is 2.24. The van der Waals surface area contributed by atoms with Crippen LogP contribution in [0.2, 0.25) is 0 Å². The van der Waals surface area contributed by atoms with Crippen LogP contribution in [-0.4, -0.2) is 40.3 Å². The van der Waals surface area contributed by atoms with Crippen molar-refractivity contribution in [2.45, 2.75) is 0 Å². The van der Waals surface area contributed by atoms with Gasteiger partial charge in [0.05, 0.1) is 6.34 Å². The zero-order chi connectivity index (χ0) is 12.1. The van der Waals surface area contributed by atoms with Gasteiger partial charge in [-0.25, -0.2) is 9.98 Å². The minimum absolute atomic E-state index is 0.604. The van der Waals surface area contributed by atoms with Crippen LogP contribution >= 0.6 is 0 Å². The first-order chi connectivity index (χ1) is 8.27. The third kappa shape index (κ3) is 2.84. The summed E-state index contributed by atoms with van der Waals surface area (Å²) in [5.74, 6) is 0.604. The highest BCUT2D eigenvalue weighted by Gasteiger charge is 2.05. The summed E-state index contributed by atoms with van der Waals surface area (Å²) < 4.78 is 0. The quantitative estimate of drug-likeness (QED) is 0.592. The van der Waals surface area contributed by atoms with Crippen molar-refractivity contribution < 1.29 is 0 Å². The van der Waals surface area contributed by atoms with Gasteiger partial charge >= 0.3 is 0 Å². The first-order valence-electron chi connectivity index (χ1n) is 5.19. The third-order valence-corrected chi connectivity index (χ3v) is 2.04. The van der Waals surface area contributed by atoms with E-state index in [4.69, 9.17) is 0 Å². The Morgan fingerprint density at radius 3 is 2.47 bits per heavy atom. The predicted molar refractivity (Wildman–Crippen MR) is 67.1 cm³/mol. The summed E-state index contributed by atoms with van der Waals surface area (Å²) in [4.78, 5) is 18.6. The fraction of sp³-hybridized carbons (Fsp3) is 0.167. The van der Waals surface area contributed by atoms with E-state index < -0.39 is 0 Å². The Balaban J connectivity index is 2.41. The highest BCUT2D eigenvalue weighted by molar-refractivity contribution is 5.72. The lowest BCUT2D eigenvalue weighted by molar-refractivity contribution is 0.643. The van der Waals surface area contributed by atoms with Crippen molar-refractivity contribution in [2.24, 2.45) is 4.99 Å². The van der Waals surface area contributed by atoms with Crippen LogP contribution < -0.4 is 0 Å². The molecule has 0 N–H and O–H groups in total. The van der Waals surface area contributed by atoms with Gasteiger partial charge in [-0.05, 0) is 12.1 Å². The summed E-state index contributed by atoms with van der Waals surface area (Å²) in [7, 11) is 3.82. The van der Waals surface area contributed by atoms with E-state index >= 15 is 0 Å². The van der Waals surface area contributed by atoms with Crippen LogP contribution in [-0.2, 0) is 0 Å². The van der Waals surface area contributed by atoms with Crippen LogP contribution in [0, 0.1) is 0 Å². The van der Waals surface area contributed by atoms with Gasteiger partial charge < -0.3 is 4.90 Å². The molecule has 2 aromatic rings. The topological polar surface area (TPSA) is 54.3 Å². The number of rotatable bonds is 3. The second-order valence-electron chi connectivity index (χ2n) is 3.67. The van der Waals surface area contributed by atoms with E-state index in [1.54, 1.807) is 31.1 Å². The van der Waals surface area contributed by atoms with Gasteiger partial charge in [-0.15, -0.1) is 0 Å². The van der Waals surface area contributed by atoms with Crippen molar-refractivity contribution in [2.75, 3.05) is 14.1 Å². The number of nitrogens with zero attached hydrogens (tertiary/aromatic N) is 5. The molecule has 0 fully saturated rings. The Kier molecular flexibility index (Phi) is 3.40. The number of pyridine rings is 1. The van der Waals surface area contributed by atoms with E-state index in [0.717, 1.165) is 11.3 Å². The average molecular weight is 227 g/mol. The average Bonchev–Trinajstić information content (AvgIpc) is 2.38. The lowest BCUT2D eigenvalue weighted by atomic mass is 10.2. The van der Waals surface area contributed by atoms with Crippen LogP contribution in [0.25, 0.3) is 11.3 Å². The fourth-order valence-corrected chi connectivity index (χ4v) is 1.31. The maximum atomic E-state index is 4.30. The van der Waals surface area contributed by atoms with Crippen molar-refractivity contribution in [1.82, 2.24) is 19.9 Å². The van der Waals surface area contributed by atoms with Gasteiger partial charge in [0.25, 0.3) is 0 Å². The van der Waals surface area contributed by atoms with Gasteiger partial charge in [-0.1, -0.05) is 0 Å². The minimum Gasteiger partial charge on any atom is -0.369 e. The molecule has 0 amide bonds. The molecule has 2 rings (SSSR count). The minimum atomic E-state index is 0.604. The first kappa shape index (κ1) is 11.2. The van der Waals surface area contributed by atoms with Crippen molar-refractivity contribution in [3.63, 3.8) is 0 Å². The van der Waals surface area contributed by atoms with E-state index in [1.165, 1.54) is 0 Å². The molecule has 0 aliphatic heterocycles. The first-order valence-corrected chi connectivity index (χ1v) is 5.19. The molecular formula is C12H13N5. The highest BCUT2D eigenvalue weighted by atomic mass is 15.1. The third-order valence-electron chi connectivity index (χ3n) is 2.04. The van der Waals surface area contributed by atoms with Crippen LogP contribution in [0.15, 0.2) is 41.9 Å². The smallest absolute Gasteiger partial charge is 0.180 e. The molecule has 0 saturated carbocycles. The van der Waals surface area contributed by atoms with Crippen LogP contribution in [0.1, 0.15) is 0 Å². The molecule has 17 heavy (non-hydrogen) atoms. The molecule has 0 spiro atoms. The zero-order valence-electron chi connectivity index (χ0n) is 9.78. The summed E-state index contributed by atoms with van der Waals surface area (Å²) in [6.45, 7) is 0. The Morgan fingerprint density at radius 2 is 1.76 bits per heavy atom. The summed E-state index contributed by atoms with van der Waals surface area (Å²) in [5, 5.41) is 0. The molecule has 2 aromatic heterocycles. The van der Waals surface area contributed by atoms with Crippen molar-refractivity contribution in [3.05, 3.63) is 36.9 Å². The number of hydrogen-bond donors (Lipinski definition) is 0. The molecule has 5 nitrogen and oxygen atoms in total. The lowest BCUT2D eigenvalue weighted by Crippen LogP contribution is -2.07. The molecule has 0 bridgehead atoms. The molecule has 0 unspecified atom stereocenters. The molecule has 0 radical (unpaired) electrons. The number of aliphatic imine (C=N–C) groups is 1. The Morgan fingerprint density at radius 1 is 1.06 bits per heavy atom. The summed E-state index contributed by atoms with van der Waals surface area (Å²) in [5.41, 5.74) is 1.71. The molecule has 0 atom stereocenters. The van der Waals surface area contributed by atoms with Gasteiger partial charge in [0.2, 0.25) is 0 Å². The molecule has 0 aromatic carbocycles. The summed E-state index contributed by atoms with van der Waals surface area (Å²) >= 11 is 0. The maximum absolute atomic E-state index is 4.30. The number of aromatic nitrogens is 3. The fourth-order valence-electron chi connectivity index (χ4n) is 1.31. The lowest BCUT2D eigenvalue weighted by Gasteiger charge is -2.05. The van der Waals surface area contributed by atoms with Gasteiger partial charge in [0.15, 0.2) is 5.82 Å². The Labute approximate surface area is 99.9 Å². The largest absolute Gasteiger partial charge is 0.369 e. The second kappa shape index (κ2) is 5.16. The van der Waals surface area contributed by atoms with Crippen molar-refractivity contribution in [3.8, 4) is 11.3 Å². The van der Waals surface area contributed by atoms with Crippen LogP contribution in [0.3, 0.4) is 0 Å². The van der Waals surface area contributed by atoms with E-state index in [-0.39, 0.29) is 0 Å². The van der Waals surface area contributed by atoms with E-state index in [9.17, 15) is 0 Å². The van der Waals surface area contributed by atoms with Crippen molar-refractivity contribution >= 4 is 12.2 Å². The molecular weight excluding hydrogens is 214 g/mol. The van der Waals surface area contributed by atoms with Crippen molar-refractivity contribution in [1.29, 1.82) is 0 Å². The molecule has 0 aliphatic rings. The van der Waals surface area contributed by atoms with E-state index in [1.807, 2.05) is 31.1 Å². The van der Waals surface area contributed by atoms with Gasteiger partial charge in [-0.3, -0.25) is 9.97 Å². The summed E-state index contributed by atoms with van der Waals surface area (Å²) in [6.07, 6.45) is 8.44. The summed E-state index contributed by atoms with van der Waals surface area (Å²) in [6, 6.07) is 3.78. The predicted octanol–water partition coefficient (Wildman–Crippen LogP) is 1.76. The van der Waals surface area contributed by atoms with Gasteiger partial charge in [0, 0.05) is 44.4 Å². The standard InChI is InChI=1S/C12H13N5/c1-17(2)9-16-12-11(14-7-8-15-12)10-3-5-13-6-4-10/h3-9H,1-2H3/b16-9+. The zero-order valence-corrected chi connectivity index (χ0v) is 9.78. The second-order valence-corrected chi connectivity index (χ2v) is 3.67. The molecule has 2 heterocycles. The number of hydrogen-bond acceptors (Lipinski definition) is 4. The van der Waals surface area contributed by atoms with Gasteiger partial charge in [0.1, 0.15) is 5.69 Å².